The van der Waals surface area contributed by atoms with E-state index in [4.69, 9.17) is 4.74 Å². The van der Waals surface area contributed by atoms with Gasteiger partial charge < -0.3 is 10.1 Å². The predicted octanol–water partition coefficient (Wildman–Crippen LogP) is 3.61. The first kappa shape index (κ1) is 27.7. The lowest BCUT2D eigenvalue weighted by atomic mass is 10.2. The van der Waals surface area contributed by atoms with E-state index < -0.39 is 26.0 Å². The minimum Gasteiger partial charge on any atom is -0.373 e. The zero-order valence-electron chi connectivity index (χ0n) is 21.5. The Kier molecular flexibility index (Phi) is 8.39. The summed E-state index contributed by atoms with van der Waals surface area (Å²) < 4.78 is 61.3. The molecule has 11 heteroatoms. The average Bonchev–Trinajstić information content (AvgIpc) is 3.15. The van der Waals surface area contributed by atoms with Gasteiger partial charge in [0.15, 0.2) is 0 Å². The SMILES string of the molecule is Cc1ccc(NC(=O)c2ccc(S(=O)(=O)N3C[C@H](C)O[C@@H](C)C3)cc2)cc1S(=O)(=O)N1CCCCCC1. The van der Waals surface area contributed by atoms with E-state index in [1.807, 2.05) is 13.8 Å². The number of aryl methyl sites for hydroxylation is 1. The average molecular weight is 550 g/mol. The van der Waals surface area contributed by atoms with Crippen LogP contribution in [0.3, 0.4) is 0 Å². The van der Waals surface area contributed by atoms with E-state index >= 15 is 0 Å². The second kappa shape index (κ2) is 11.2. The monoisotopic (exact) mass is 549 g/mol. The normalized spacial score (nSPS) is 22.4. The first-order chi connectivity index (χ1) is 17.5. The lowest BCUT2D eigenvalue weighted by Crippen LogP contribution is -2.48. The number of carbonyl (C=O) groups is 1. The Labute approximate surface area is 219 Å². The van der Waals surface area contributed by atoms with Crippen molar-refractivity contribution in [2.45, 2.75) is 68.5 Å². The molecule has 4 rings (SSSR count). The van der Waals surface area contributed by atoms with Crippen molar-refractivity contribution in [3.05, 3.63) is 53.6 Å². The molecule has 0 unspecified atom stereocenters. The van der Waals surface area contributed by atoms with Crippen LogP contribution >= 0.6 is 0 Å². The Morgan fingerprint density at radius 3 is 2.03 bits per heavy atom. The molecule has 2 saturated heterocycles. The second-order valence-electron chi connectivity index (χ2n) is 9.86. The van der Waals surface area contributed by atoms with Crippen LogP contribution in [-0.2, 0) is 24.8 Å². The highest BCUT2D eigenvalue weighted by Crippen LogP contribution is 2.27. The molecule has 2 aromatic rings. The number of rotatable bonds is 6. The number of sulfonamides is 2. The molecule has 0 saturated carbocycles. The first-order valence-corrected chi connectivity index (χ1v) is 15.5. The van der Waals surface area contributed by atoms with Gasteiger partial charge in [0.2, 0.25) is 20.0 Å². The van der Waals surface area contributed by atoms with Crippen LogP contribution in [0.5, 0.6) is 0 Å². The summed E-state index contributed by atoms with van der Waals surface area (Å²) in [6, 6.07) is 10.6. The number of benzene rings is 2. The lowest BCUT2D eigenvalue weighted by molar-refractivity contribution is -0.0440. The number of amides is 1. The third-order valence-corrected chi connectivity index (χ3v) is 10.7. The number of nitrogens with one attached hydrogen (secondary N) is 1. The zero-order chi connectivity index (χ0) is 26.8. The molecule has 1 amide bonds. The van der Waals surface area contributed by atoms with Crippen molar-refractivity contribution in [2.75, 3.05) is 31.5 Å². The fourth-order valence-corrected chi connectivity index (χ4v) is 8.19. The molecule has 2 aliphatic rings. The number of morpholine rings is 1. The van der Waals surface area contributed by atoms with Crippen LogP contribution in [0.15, 0.2) is 52.3 Å². The molecule has 1 N–H and O–H groups in total. The van der Waals surface area contributed by atoms with Gasteiger partial charge in [-0.3, -0.25) is 4.79 Å². The van der Waals surface area contributed by atoms with Crippen LogP contribution in [-0.4, -0.2) is 69.7 Å². The van der Waals surface area contributed by atoms with Gasteiger partial charge in [0.25, 0.3) is 5.91 Å². The third kappa shape index (κ3) is 6.23. The molecule has 37 heavy (non-hydrogen) atoms. The minimum atomic E-state index is -3.72. The molecule has 2 atom stereocenters. The molecule has 0 aliphatic carbocycles. The Hall–Kier alpha value is -2.31. The van der Waals surface area contributed by atoms with Gasteiger partial charge in [-0.1, -0.05) is 18.9 Å². The van der Waals surface area contributed by atoms with Crippen LogP contribution in [0.4, 0.5) is 5.69 Å². The summed E-state index contributed by atoms with van der Waals surface area (Å²) >= 11 is 0. The Morgan fingerprint density at radius 1 is 0.838 bits per heavy atom. The van der Waals surface area contributed by atoms with Gasteiger partial charge in [0.05, 0.1) is 22.0 Å². The second-order valence-corrected chi connectivity index (χ2v) is 13.7. The quantitative estimate of drug-likeness (QED) is 0.589. The highest BCUT2D eigenvalue weighted by Gasteiger charge is 2.32. The number of carbonyl (C=O) groups excluding carboxylic acids is 1. The van der Waals surface area contributed by atoms with Gasteiger partial charge in [0, 0.05) is 37.4 Å². The molecular weight excluding hydrogens is 514 g/mol. The molecule has 0 spiro atoms. The van der Waals surface area contributed by atoms with Crippen LogP contribution < -0.4 is 5.32 Å². The number of ether oxygens (including phenoxy) is 1. The molecule has 2 heterocycles. The Balaban J connectivity index is 1.50. The molecule has 2 aliphatic heterocycles. The van der Waals surface area contributed by atoms with E-state index in [0.29, 0.717) is 24.3 Å². The molecular formula is C26H35N3O6S2. The van der Waals surface area contributed by atoms with Gasteiger partial charge in [-0.15, -0.1) is 0 Å². The molecule has 2 aromatic carbocycles. The third-order valence-electron chi connectivity index (χ3n) is 6.77. The van der Waals surface area contributed by atoms with E-state index in [1.165, 1.54) is 38.9 Å². The molecule has 2 fully saturated rings. The fraction of sp³-hybridized carbons (Fsp3) is 0.500. The molecule has 0 bridgehead atoms. The van der Waals surface area contributed by atoms with Gasteiger partial charge >= 0.3 is 0 Å². The summed E-state index contributed by atoms with van der Waals surface area (Å²) in [7, 11) is -7.40. The van der Waals surface area contributed by atoms with Crippen molar-refractivity contribution in [3.8, 4) is 0 Å². The van der Waals surface area contributed by atoms with Crippen molar-refractivity contribution in [2.24, 2.45) is 0 Å². The lowest BCUT2D eigenvalue weighted by Gasteiger charge is -2.34. The fourth-order valence-electron chi connectivity index (χ4n) is 4.83. The zero-order valence-corrected chi connectivity index (χ0v) is 23.1. The molecule has 0 radical (unpaired) electrons. The van der Waals surface area contributed by atoms with E-state index in [9.17, 15) is 21.6 Å². The number of hydrogen-bond acceptors (Lipinski definition) is 6. The number of hydrogen-bond donors (Lipinski definition) is 1. The maximum atomic E-state index is 13.3. The highest BCUT2D eigenvalue weighted by molar-refractivity contribution is 7.89. The van der Waals surface area contributed by atoms with Crippen LogP contribution in [0, 0.1) is 6.92 Å². The van der Waals surface area contributed by atoms with Gasteiger partial charge in [-0.2, -0.15) is 8.61 Å². The highest BCUT2D eigenvalue weighted by atomic mass is 32.2. The van der Waals surface area contributed by atoms with Crippen molar-refractivity contribution < 1.29 is 26.4 Å². The van der Waals surface area contributed by atoms with E-state index in [2.05, 4.69) is 5.32 Å². The first-order valence-electron chi connectivity index (χ1n) is 12.7. The van der Waals surface area contributed by atoms with Gasteiger partial charge in [-0.25, -0.2) is 16.8 Å². The van der Waals surface area contributed by atoms with Crippen LogP contribution in [0.2, 0.25) is 0 Å². The van der Waals surface area contributed by atoms with E-state index in [-0.39, 0.29) is 40.7 Å². The van der Waals surface area contributed by atoms with Gasteiger partial charge in [0.1, 0.15) is 0 Å². The summed E-state index contributed by atoms with van der Waals surface area (Å²) in [6.45, 7) is 6.94. The predicted molar refractivity (Wildman–Crippen MR) is 142 cm³/mol. The standard InChI is InChI=1S/C26H35N3O6S2/c1-19-8-11-23(16-25(19)37(33,34)28-14-6-4-5-7-15-28)27-26(30)22-9-12-24(13-10-22)36(31,32)29-17-20(2)35-21(3)18-29/h8-13,16,20-21H,4-7,14-15,17-18H2,1-3H3,(H,27,30)/t20-,21-/m0/s1. The Morgan fingerprint density at radius 2 is 1.43 bits per heavy atom. The molecule has 0 aromatic heterocycles. The van der Waals surface area contributed by atoms with Crippen LogP contribution in [0.25, 0.3) is 0 Å². The summed E-state index contributed by atoms with van der Waals surface area (Å²) in [5.74, 6) is -0.459. The maximum Gasteiger partial charge on any atom is 0.255 e. The van der Waals surface area contributed by atoms with Crippen molar-refractivity contribution >= 4 is 31.6 Å². The number of anilines is 1. The van der Waals surface area contributed by atoms with E-state index in [1.54, 1.807) is 19.1 Å². The molecule has 9 nitrogen and oxygen atoms in total. The van der Waals surface area contributed by atoms with E-state index in [0.717, 1.165) is 25.7 Å². The van der Waals surface area contributed by atoms with Crippen molar-refractivity contribution in [1.29, 1.82) is 0 Å². The summed E-state index contributed by atoms with van der Waals surface area (Å²) in [4.78, 5) is 13.2. The molecule has 202 valence electrons. The maximum absolute atomic E-state index is 13.3. The smallest absolute Gasteiger partial charge is 0.255 e. The summed E-state index contributed by atoms with van der Waals surface area (Å²) in [5, 5.41) is 2.75. The van der Waals surface area contributed by atoms with Crippen LogP contribution in [0.1, 0.15) is 55.5 Å². The summed E-state index contributed by atoms with van der Waals surface area (Å²) in [6.07, 6.45) is 3.31. The largest absolute Gasteiger partial charge is 0.373 e. The minimum absolute atomic E-state index is 0.103. The Bertz CT molecular complexity index is 1320. The van der Waals surface area contributed by atoms with Gasteiger partial charge in [-0.05, 0) is 75.6 Å². The van der Waals surface area contributed by atoms with Crippen molar-refractivity contribution in [1.82, 2.24) is 8.61 Å². The number of nitrogens with zero attached hydrogens (tertiary/aromatic N) is 2. The summed E-state index contributed by atoms with van der Waals surface area (Å²) in [5.41, 5.74) is 1.24. The topological polar surface area (TPSA) is 113 Å². The van der Waals surface area contributed by atoms with Crippen molar-refractivity contribution in [3.63, 3.8) is 0 Å².